The van der Waals surface area contributed by atoms with E-state index in [0.29, 0.717) is 0 Å². The van der Waals surface area contributed by atoms with Crippen LogP contribution in [0.3, 0.4) is 0 Å². The Labute approximate surface area is 154 Å². The zero-order valence-electron chi connectivity index (χ0n) is 15.6. The molecule has 0 radical (unpaired) electrons. The lowest BCUT2D eigenvalue weighted by Crippen LogP contribution is -2.67. The van der Waals surface area contributed by atoms with Gasteiger partial charge in [-0.3, -0.25) is 0 Å². The molecular weight excluding hydrogens is 332 g/mol. The van der Waals surface area contributed by atoms with Crippen molar-refractivity contribution in [3.05, 3.63) is 91.0 Å². The fourth-order valence-electron chi connectivity index (χ4n) is 3.66. The van der Waals surface area contributed by atoms with E-state index in [1.54, 1.807) is 0 Å². The Morgan fingerprint density at radius 2 is 0.800 bits per heavy atom. The third-order valence-electron chi connectivity index (χ3n) is 5.05. The summed E-state index contributed by atoms with van der Waals surface area (Å²) in [7, 11) is -3.13. The molecule has 3 aromatic rings. The number of rotatable bonds is 6. The Balaban J connectivity index is 2.24. The van der Waals surface area contributed by atoms with Crippen LogP contribution in [0.25, 0.3) is 0 Å². The van der Waals surface area contributed by atoms with Crippen molar-refractivity contribution >= 4 is 31.7 Å². The van der Waals surface area contributed by atoms with Gasteiger partial charge in [0.25, 0.3) is 0 Å². The molecule has 0 unspecified atom stereocenters. The van der Waals surface area contributed by atoms with Crippen LogP contribution in [0, 0.1) is 0 Å². The highest BCUT2D eigenvalue weighted by Crippen LogP contribution is 2.21. The van der Waals surface area contributed by atoms with Gasteiger partial charge < -0.3 is 0 Å². The first-order chi connectivity index (χ1) is 12.0. The quantitative estimate of drug-likeness (QED) is 0.449. The Kier molecular flexibility index (Phi) is 5.40. The molecule has 0 aliphatic rings. The van der Waals surface area contributed by atoms with Gasteiger partial charge in [0.2, 0.25) is 0 Å². The third-order valence-corrected chi connectivity index (χ3v) is 12.3. The predicted molar refractivity (Wildman–Crippen MR) is 117 cm³/mol. The van der Waals surface area contributed by atoms with Crippen molar-refractivity contribution < 1.29 is 0 Å². The van der Waals surface area contributed by atoms with Gasteiger partial charge in [0, 0.05) is 8.07 Å². The standard InChI is InChI=1S/C23H28Si2/c1-24(2,3)19-20-25(21-13-7-4-8-14-21,22-15-9-5-10-16-22)23-17-11-6-12-18-23/h4-18H,19-20H2,1-3H3. The summed E-state index contributed by atoms with van der Waals surface area (Å²) >= 11 is 0. The topological polar surface area (TPSA) is 0 Å². The Hall–Kier alpha value is -1.91. The minimum Gasteiger partial charge on any atom is -0.0696 e. The maximum Gasteiger partial charge on any atom is 0.148 e. The highest BCUT2D eigenvalue weighted by molar-refractivity contribution is 7.12. The molecule has 0 nitrogen and oxygen atoms in total. The summed E-state index contributed by atoms with van der Waals surface area (Å²) in [4.78, 5) is 0. The highest BCUT2D eigenvalue weighted by atomic mass is 28.3. The lowest BCUT2D eigenvalue weighted by molar-refractivity contribution is 1.30. The van der Waals surface area contributed by atoms with Gasteiger partial charge in [-0.05, 0) is 21.6 Å². The van der Waals surface area contributed by atoms with Crippen LogP contribution in [0.2, 0.25) is 31.7 Å². The molecule has 0 spiro atoms. The minimum absolute atomic E-state index is 1.13. The van der Waals surface area contributed by atoms with E-state index < -0.39 is 16.1 Å². The monoisotopic (exact) mass is 360 g/mol. The Bertz CT molecular complexity index is 678. The van der Waals surface area contributed by atoms with Gasteiger partial charge >= 0.3 is 0 Å². The summed E-state index contributed by atoms with van der Waals surface area (Å²) in [6.45, 7) is 7.48. The fourth-order valence-corrected chi connectivity index (χ4v) is 12.3. The first kappa shape index (κ1) is 17.9. The molecule has 0 fully saturated rings. The molecular formula is C23H28Si2. The molecule has 25 heavy (non-hydrogen) atoms. The molecule has 3 aromatic carbocycles. The minimum atomic E-state index is -2.00. The van der Waals surface area contributed by atoms with Crippen molar-refractivity contribution in [3.63, 3.8) is 0 Å². The number of benzene rings is 3. The van der Waals surface area contributed by atoms with E-state index in [1.165, 1.54) is 27.6 Å². The Morgan fingerprint density at radius 3 is 1.08 bits per heavy atom. The molecule has 0 aliphatic heterocycles. The van der Waals surface area contributed by atoms with Crippen molar-refractivity contribution in [1.29, 1.82) is 0 Å². The average Bonchev–Trinajstić information content (AvgIpc) is 2.64. The SMILES string of the molecule is C[Si](C)(C)CC[Si](c1ccccc1)(c1ccccc1)c1ccccc1. The summed E-state index contributed by atoms with van der Waals surface area (Å²) in [6.07, 6.45) is 0. The van der Waals surface area contributed by atoms with Gasteiger partial charge in [-0.25, -0.2) is 0 Å². The lowest BCUT2D eigenvalue weighted by Gasteiger charge is -2.35. The first-order valence-electron chi connectivity index (χ1n) is 9.19. The van der Waals surface area contributed by atoms with E-state index in [4.69, 9.17) is 0 Å². The van der Waals surface area contributed by atoms with Crippen molar-refractivity contribution in [3.8, 4) is 0 Å². The van der Waals surface area contributed by atoms with E-state index in [0.717, 1.165) is 0 Å². The molecule has 2 heteroatoms. The van der Waals surface area contributed by atoms with Crippen molar-refractivity contribution in [1.82, 2.24) is 0 Å². The average molecular weight is 361 g/mol. The zero-order chi connectivity index (χ0) is 17.8. The fraction of sp³-hybridized carbons (Fsp3) is 0.217. The van der Waals surface area contributed by atoms with E-state index >= 15 is 0 Å². The van der Waals surface area contributed by atoms with Crippen LogP contribution in [0.15, 0.2) is 91.0 Å². The number of hydrogen-bond donors (Lipinski definition) is 0. The van der Waals surface area contributed by atoms with Crippen LogP contribution >= 0.6 is 0 Å². The van der Waals surface area contributed by atoms with Crippen LogP contribution in [0.5, 0.6) is 0 Å². The van der Waals surface area contributed by atoms with Crippen molar-refractivity contribution in [2.75, 3.05) is 0 Å². The summed E-state index contributed by atoms with van der Waals surface area (Å²) < 4.78 is 0. The van der Waals surface area contributed by atoms with Crippen LogP contribution in [-0.2, 0) is 0 Å². The largest absolute Gasteiger partial charge is 0.148 e. The lowest BCUT2D eigenvalue weighted by atomic mass is 10.3. The van der Waals surface area contributed by atoms with Gasteiger partial charge in [0.05, 0.1) is 0 Å². The molecule has 0 aliphatic carbocycles. The van der Waals surface area contributed by atoms with E-state index in [-0.39, 0.29) is 0 Å². The van der Waals surface area contributed by atoms with Gasteiger partial charge in [0.1, 0.15) is 8.07 Å². The molecule has 0 saturated carbocycles. The van der Waals surface area contributed by atoms with Gasteiger partial charge in [-0.2, -0.15) is 0 Å². The van der Waals surface area contributed by atoms with E-state index in [1.807, 2.05) is 0 Å². The summed E-state index contributed by atoms with van der Waals surface area (Å²) in [5, 5.41) is 4.60. The van der Waals surface area contributed by atoms with Crippen molar-refractivity contribution in [2.45, 2.75) is 31.7 Å². The summed E-state index contributed by atoms with van der Waals surface area (Å²) in [5.41, 5.74) is 0. The summed E-state index contributed by atoms with van der Waals surface area (Å²) in [6, 6.07) is 36.4. The van der Waals surface area contributed by atoms with E-state index in [2.05, 4.69) is 111 Å². The van der Waals surface area contributed by atoms with Gasteiger partial charge in [-0.1, -0.05) is 117 Å². The molecule has 0 bridgehead atoms. The zero-order valence-corrected chi connectivity index (χ0v) is 17.6. The molecule has 0 N–H and O–H groups in total. The third kappa shape index (κ3) is 4.02. The second kappa shape index (κ2) is 7.55. The normalized spacial score (nSPS) is 12.1. The number of hydrogen-bond acceptors (Lipinski definition) is 0. The van der Waals surface area contributed by atoms with Crippen molar-refractivity contribution in [2.24, 2.45) is 0 Å². The summed E-state index contributed by atoms with van der Waals surface area (Å²) in [5.74, 6) is 0. The molecule has 0 aromatic heterocycles. The molecule has 0 heterocycles. The second-order valence-corrected chi connectivity index (χ2v) is 17.7. The second-order valence-electron chi connectivity index (χ2n) is 8.06. The molecule has 0 saturated heterocycles. The van der Waals surface area contributed by atoms with Crippen LogP contribution in [-0.4, -0.2) is 16.1 Å². The van der Waals surface area contributed by atoms with Crippen LogP contribution in [0.4, 0.5) is 0 Å². The molecule has 3 rings (SSSR count). The molecule has 0 atom stereocenters. The van der Waals surface area contributed by atoms with Gasteiger partial charge in [0.15, 0.2) is 0 Å². The maximum atomic E-state index is 2.49. The van der Waals surface area contributed by atoms with Gasteiger partial charge in [-0.15, -0.1) is 0 Å². The predicted octanol–water partition coefficient (Wildman–Crippen LogP) is 4.50. The first-order valence-corrected chi connectivity index (χ1v) is 15.1. The molecule has 128 valence electrons. The smallest absolute Gasteiger partial charge is 0.0696 e. The van der Waals surface area contributed by atoms with Crippen LogP contribution in [0.1, 0.15) is 0 Å². The highest BCUT2D eigenvalue weighted by Gasteiger charge is 2.39. The van der Waals surface area contributed by atoms with Crippen LogP contribution < -0.4 is 15.6 Å². The Morgan fingerprint density at radius 1 is 0.480 bits per heavy atom. The molecule has 0 amide bonds. The van der Waals surface area contributed by atoms with E-state index in [9.17, 15) is 0 Å². The maximum absolute atomic E-state index is 2.49.